The van der Waals surface area contributed by atoms with Crippen LogP contribution < -0.4 is 4.90 Å². The Hall–Kier alpha value is -1.70. The van der Waals surface area contributed by atoms with Gasteiger partial charge in [0.15, 0.2) is 0 Å². The Bertz CT molecular complexity index is 531. The fourth-order valence-corrected chi connectivity index (χ4v) is 2.90. The fourth-order valence-electron chi connectivity index (χ4n) is 2.90. The molecule has 0 spiro atoms. The van der Waals surface area contributed by atoms with Crippen molar-refractivity contribution in [1.29, 1.82) is 5.26 Å². The van der Waals surface area contributed by atoms with Crippen molar-refractivity contribution < 1.29 is 13.2 Å². The number of anilines is 1. The number of hydrogen-bond donors (Lipinski definition) is 0. The molecular formula is C16H19F3N2. The summed E-state index contributed by atoms with van der Waals surface area (Å²) in [4.78, 5) is 2.09. The molecule has 1 heterocycles. The van der Waals surface area contributed by atoms with E-state index < -0.39 is 11.7 Å². The molecule has 0 radical (unpaired) electrons. The van der Waals surface area contributed by atoms with Crippen LogP contribution in [0.2, 0.25) is 0 Å². The third-order valence-electron chi connectivity index (χ3n) is 4.22. The Kier molecular flexibility index (Phi) is 4.76. The number of nitriles is 1. The first-order valence-electron chi connectivity index (χ1n) is 7.32. The molecule has 2 nitrogen and oxygen atoms in total. The molecule has 2 rings (SSSR count). The third-order valence-corrected chi connectivity index (χ3v) is 4.22. The monoisotopic (exact) mass is 296 g/mol. The molecule has 1 atom stereocenters. The van der Waals surface area contributed by atoms with Crippen LogP contribution in [0, 0.1) is 17.2 Å². The lowest BCUT2D eigenvalue weighted by Crippen LogP contribution is -2.24. The first-order valence-corrected chi connectivity index (χ1v) is 7.32. The largest absolute Gasteiger partial charge is 0.417 e. The summed E-state index contributed by atoms with van der Waals surface area (Å²) in [5.74, 6) is 0.694. The molecule has 114 valence electrons. The predicted molar refractivity (Wildman–Crippen MR) is 76.0 cm³/mol. The van der Waals surface area contributed by atoms with Crippen LogP contribution in [0.5, 0.6) is 0 Å². The molecule has 1 fully saturated rings. The molecule has 1 aromatic rings. The minimum atomic E-state index is -4.48. The summed E-state index contributed by atoms with van der Waals surface area (Å²) >= 11 is 0. The zero-order valence-electron chi connectivity index (χ0n) is 12.1. The molecule has 1 aromatic carbocycles. The first kappa shape index (κ1) is 15.7. The number of halogens is 3. The van der Waals surface area contributed by atoms with Gasteiger partial charge in [0, 0.05) is 18.8 Å². The smallest absolute Gasteiger partial charge is 0.371 e. The van der Waals surface area contributed by atoms with Gasteiger partial charge in [0.1, 0.15) is 0 Å². The molecule has 21 heavy (non-hydrogen) atoms. The lowest BCUT2D eigenvalue weighted by Gasteiger charge is -2.24. The highest BCUT2D eigenvalue weighted by molar-refractivity contribution is 5.55. The Morgan fingerprint density at radius 2 is 2.05 bits per heavy atom. The number of alkyl halides is 3. The van der Waals surface area contributed by atoms with Crippen molar-refractivity contribution in [2.45, 2.75) is 38.8 Å². The highest BCUT2D eigenvalue weighted by atomic mass is 19.4. The summed E-state index contributed by atoms with van der Waals surface area (Å²) in [5, 5.41) is 8.97. The van der Waals surface area contributed by atoms with Crippen molar-refractivity contribution in [3.05, 3.63) is 29.3 Å². The molecule has 1 saturated heterocycles. The van der Waals surface area contributed by atoms with Gasteiger partial charge in [-0.25, -0.2) is 0 Å². The number of benzene rings is 1. The Balaban J connectivity index is 2.23. The van der Waals surface area contributed by atoms with Crippen molar-refractivity contribution >= 4 is 5.69 Å². The van der Waals surface area contributed by atoms with Gasteiger partial charge in [-0.3, -0.25) is 0 Å². The second-order valence-electron chi connectivity index (χ2n) is 5.53. The van der Waals surface area contributed by atoms with E-state index in [1.807, 2.05) is 0 Å². The van der Waals surface area contributed by atoms with E-state index in [0.29, 0.717) is 5.92 Å². The molecule has 0 saturated carbocycles. The Labute approximate surface area is 123 Å². The van der Waals surface area contributed by atoms with Crippen molar-refractivity contribution in [3.8, 4) is 6.07 Å². The highest BCUT2D eigenvalue weighted by Gasteiger charge is 2.33. The van der Waals surface area contributed by atoms with Crippen LogP contribution in [-0.4, -0.2) is 13.1 Å². The highest BCUT2D eigenvalue weighted by Crippen LogP contribution is 2.34. The van der Waals surface area contributed by atoms with Gasteiger partial charge in [-0.15, -0.1) is 0 Å². The van der Waals surface area contributed by atoms with E-state index in [0.717, 1.165) is 44.1 Å². The van der Waals surface area contributed by atoms with Crippen LogP contribution in [-0.2, 0) is 6.18 Å². The summed E-state index contributed by atoms with van der Waals surface area (Å²) in [6.45, 7) is 3.85. The second kappa shape index (κ2) is 6.38. The van der Waals surface area contributed by atoms with E-state index in [-0.39, 0.29) is 5.56 Å². The average molecular weight is 296 g/mol. The van der Waals surface area contributed by atoms with Gasteiger partial charge in [-0.2, -0.15) is 18.4 Å². The zero-order valence-corrected chi connectivity index (χ0v) is 12.1. The lowest BCUT2D eigenvalue weighted by molar-refractivity contribution is -0.137. The van der Waals surface area contributed by atoms with Crippen LogP contribution in [0.4, 0.5) is 18.9 Å². The van der Waals surface area contributed by atoms with Crippen LogP contribution in [0.1, 0.15) is 43.7 Å². The molecule has 0 aliphatic carbocycles. The van der Waals surface area contributed by atoms with Gasteiger partial charge < -0.3 is 4.90 Å². The van der Waals surface area contributed by atoms with Crippen LogP contribution in [0.3, 0.4) is 0 Å². The molecule has 0 aromatic heterocycles. The molecule has 1 aliphatic rings. The Morgan fingerprint density at radius 1 is 1.29 bits per heavy atom. The number of nitrogens with zero attached hydrogens (tertiary/aromatic N) is 2. The summed E-state index contributed by atoms with van der Waals surface area (Å²) in [6.07, 6.45) is -0.0699. The molecule has 0 bridgehead atoms. The van der Waals surface area contributed by atoms with Crippen molar-refractivity contribution in [3.63, 3.8) is 0 Å². The van der Waals surface area contributed by atoms with Gasteiger partial charge >= 0.3 is 6.18 Å². The van der Waals surface area contributed by atoms with Crippen molar-refractivity contribution in [2.24, 2.45) is 5.92 Å². The van der Waals surface area contributed by atoms with E-state index in [1.54, 1.807) is 6.07 Å². The predicted octanol–water partition coefficient (Wildman–Crippen LogP) is 4.59. The quantitative estimate of drug-likeness (QED) is 0.798. The summed E-state index contributed by atoms with van der Waals surface area (Å²) in [7, 11) is 0. The first-order chi connectivity index (χ1) is 9.95. The maximum Gasteiger partial charge on any atom is 0.417 e. The van der Waals surface area contributed by atoms with Crippen molar-refractivity contribution in [2.75, 3.05) is 18.0 Å². The van der Waals surface area contributed by atoms with E-state index in [4.69, 9.17) is 5.26 Å². The Morgan fingerprint density at radius 3 is 2.67 bits per heavy atom. The average Bonchev–Trinajstić information content (AvgIpc) is 2.71. The van der Waals surface area contributed by atoms with Gasteiger partial charge in [-0.1, -0.05) is 13.3 Å². The number of rotatable bonds is 2. The minimum absolute atomic E-state index is 0.295. The zero-order chi connectivity index (χ0) is 15.5. The normalized spacial score (nSPS) is 20.0. The van der Waals surface area contributed by atoms with E-state index in [1.165, 1.54) is 18.6 Å². The summed E-state index contributed by atoms with van der Waals surface area (Å²) < 4.78 is 38.4. The summed E-state index contributed by atoms with van der Waals surface area (Å²) in [5.41, 5.74) is -0.428. The standard InChI is InChI=1S/C16H19F3N2/c1-2-12-4-3-8-21(9-7-12)14-5-6-15(16(17,18)19)13(10-14)11-20/h5-6,10,12H,2-4,7-9H2,1H3. The SMILES string of the molecule is CCC1CCCN(c2ccc(C(F)(F)F)c(C#N)c2)CC1. The minimum Gasteiger partial charge on any atom is -0.371 e. The summed E-state index contributed by atoms with van der Waals surface area (Å²) in [6, 6.07) is 5.55. The fraction of sp³-hybridized carbons (Fsp3) is 0.562. The number of hydrogen-bond acceptors (Lipinski definition) is 2. The van der Waals surface area contributed by atoms with Gasteiger partial charge in [0.25, 0.3) is 0 Å². The molecule has 0 amide bonds. The van der Waals surface area contributed by atoms with Crippen molar-refractivity contribution in [1.82, 2.24) is 0 Å². The van der Waals surface area contributed by atoms with Gasteiger partial charge in [0.2, 0.25) is 0 Å². The molecular weight excluding hydrogens is 277 g/mol. The third kappa shape index (κ3) is 3.69. The van der Waals surface area contributed by atoms with Crippen LogP contribution >= 0.6 is 0 Å². The maximum atomic E-state index is 12.8. The molecule has 5 heteroatoms. The van der Waals surface area contributed by atoms with Crippen LogP contribution in [0.15, 0.2) is 18.2 Å². The van der Waals surface area contributed by atoms with Gasteiger partial charge in [-0.05, 0) is 43.4 Å². The van der Waals surface area contributed by atoms with Crippen LogP contribution in [0.25, 0.3) is 0 Å². The lowest BCUT2D eigenvalue weighted by atomic mass is 9.98. The topological polar surface area (TPSA) is 27.0 Å². The van der Waals surface area contributed by atoms with E-state index >= 15 is 0 Å². The molecule has 1 unspecified atom stereocenters. The second-order valence-corrected chi connectivity index (χ2v) is 5.53. The van der Waals surface area contributed by atoms with E-state index in [2.05, 4.69) is 11.8 Å². The van der Waals surface area contributed by atoms with Gasteiger partial charge in [0.05, 0.1) is 17.2 Å². The molecule has 0 N–H and O–H groups in total. The maximum absolute atomic E-state index is 12.8. The van der Waals surface area contributed by atoms with E-state index in [9.17, 15) is 13.2 Å². The molecule has 1 aliphatic heterocycles.